The van der Waals surface area contributed by atoms with Crippen LogP contribution in [-0.4, -0.2) is 53.3 Å². The topological polar surface area (TPSA) is 57.3 Å². The largest absolute Gasteiger partial charge is 0.372 e. The van der Waals surface area contributed by atoms with Gasteiger partial charge in [-0.25, -0.2) is 4.98 Å². The van der Waals surface area contributed by atoms with Gasteiger partial charge in [0, 0.05) is 40.8 Å². The minimum Gasteiger partial charge on any atom is -0.372 e. The number of nitrogens with zero attached hydrogens (tertiary/aromatic N) is 5. The second kappa shape index (κ2) is 6.50. The predicted molar refractivity (Wildman–Crippen MR) is 89.1 cm³/mol. The Labute approximate surface area is 138 Å². The van der Waals surface area contributed by atoms with E-state index >= 15 is 0 Å². The summed E-state index contributed by atoms with van der Waals surface area (Å²) in [6.45, 7) is 2.50. The number of hydrogen-bond donors (Lipinski definition) is 0. The molecule has 0 radical (unpaired) electrons. The Balaban J connectivity index is 1.80. The van der Waals surface area contributed by atoms with Crippen molar-refractivity contribution >= 4 is 5.95 Å². The molecule has 2 aliphatic heterocycles. The Morgan fingerprint density at radius 1 is 1.39 bits per heavy atom. The highest BCUT2D eigenvalue weighted by Gasteiger charge is 2.47. The Bertz CT molecular complexity index is 577. The van der Waals surface area contributed by atoms with Crippen LogP contribution in [0.25, 0.3) is 0 Å². The molecule has 2 fully saturated rings. The van der Waals surface area contributed by atoms with Crippen LogP contribution in [0.4, 0.5) is 5.95 Å². The van der Waals surface area contributed by atoms with Gasteiger partial charge in [-0.1, -0.05) is 0 Å². The monoisotopic (exact) mass is 317 g/mol. The quantitative estimate of drug-likeness (QED) is 0.852. The summed E-state index contributed by atoms with van der Waals surface area (Å²) in [6, 6.07) is 2.39. The number of anilines is 1. The standard InChI is InChI=1S/C17H27N5O/c1-20(2)16-19-12-14(21(16)3)13-22-9-6-8-17(15(22)11-18)7-4-5-10-23-17/h12,15H,4-10,13H2,1-3H3/t15-,17-/m1/s1. The van der Waals surface area contributed by atoms with E-state index in [0.29, 0.717) is 0 Å². The Hall–Kier alpha value is -1.58. The minimum absolute atomic E-state index is 0.158. The lowest BCUT2D eigenvalue weighted by molar-refractivity contribution is -0.138. The summed E-state index contributed by atoms with van der Waals surface area (Å²) in [5.74, 6) is 0.939. The molecule has 0 amide bonds. The van der Waals surface area contributed by atoms with Crippen molar-refractivity contribution in [3.63, 3.8) is 0 Å². The first-order valence-electron chi connectivity index (χ1n) is 8.53. The third kappa shape index (κ3) is 2.96. The van der Waals surface area contributed by atoms with E-state index in [0.717, 1.165) is 57.0 Å². The zero-order valence-corrected chi connectivity index (χ0v) is 14.5. The average Bonchev–Trinajstić information content (AvgIpc) is 2.90. The molecule has 1 aromatic heterocycles. The van der Waals surface area contributed by atoms with Gasteiger partial charge in [-0.15, -0.1) is 0 Å². The minimum atomic E-state index is -0.256. The lowest BCUT2D eigenvalue weighted by Crippen LogP contribution is -2.58. The van der Waals surface area contributed by atoms with Crippen molar-refractivity contribution in [2.24, 2.45) is 7.05 Å². The van der Waals surface area contributed by atoms with Gasteiger partial charge in [0.1, 0.15) is 6.04 Å². The van der Waals surface area contributed by atoms with Crippen LogP contribution in [0.2, 0.25) is 0 Å². The number of piperidine rings is 1. The molecule has 0 aromatic carbocycles. The smallest absolute Gasteiger partial charge is 0.204 e. The van der Waals surface area contributed by atoms with Crippen molar-refractivity contribution < 1.29 is 4.74 Å². The van der Waals surface area contributed by atoms with Crippen molar-refractivity contribution in [2.45, 2.75) is 50.3 Å². The van der Waals surface area contributed by atoms with Crippen molar-refractivity contribution in [3.8, 4) is 6.07 Å². The normalized spacial score (nSPS) is 28.7. The fraction of sp³-hybridized carbons (Fsp3) is 0.765. The van der Waals surface area contributed by atoms with E-state index in [9.17, 15) is 5.26 Å². The SMILES string of the molecule is CN(C)c1ncc(CN2CCC[C@]3(CCCCO3)[C@H]2C#N)n1C. The first-order valence-corrected chi connectivity index (χ1v) is 8.53. The molecular formula is C17H27N5O. The van der Waals surface area contributed by atoms with Gasteiger partial charge in [-0.2, -0.15) is 5.26 Å². The Morgan fingerprint density at radius 2 is 2.17 bits per heavy atom. The average molecular weight is 317 g/mol. The molecule has 3 rings (SSSR count). The van der Waals surface area contributed by atoms with Crippen molar-refractivity contribution in [1.29, 1.82) is 5.26 Å². The highest BCUT2D eigenvalue weighted by Crippen LogP contribution is 2.38. The lowest BCUT2D eigenvalue weighted by Gasteiger charge is -2.48. The molecule has 3 heterocycles. The predicted octanol–water partition coefficient (Wildman–Crippen LogP) is 1.91. The Morgan fingerprint density at radius 3 is 2.78 bits per heavy atom. The van der Waals surface area contributed by atoms with E-state index in [1.165, 1.54) is 6.42 Å². The van der Waals surface area contributed by atoms with Gasteiger partial charge in [-0.3, -0.25) is 4.90 Å². The second-order valence-corrected chi connectivity index (χ2v) is 6.98. The van der Waals surface area contributed by atoms with Crippen LogP contribution in [-0.2, 0) is 18.3 Å². The van der Waals surface area contributed by atoms with E-state index < -0.39 is 0 Å². The van der Waals surface area contributed by atoms with Crippen LogP contribution in [0.15, 0.2) is 6.20 Å². The summed E-state index contributed by atoms with van der Waals surface area (Å²) in [7, 11) is 6.03. The first-order chi connectivity index (χ1) is 11.1. The molecule has 6 nitrogen and oxygen atoms in total. The van der Waals surface area contributed by atoms with Crippen LogP contribution in [0, 0.1) is 11.3 Å². The van der Waals surface area contributed by atoms with Crippen LogP contribution in [0.5, 0.6) is 0 Å². The van der Waals surface area contributed by atoms with Crippen molar-refractivity contribution in [2.75, 3.05) is 32.1 Å². The number of aromatic nitrogens is 2. The first kappa shape index (κ1) is 16.3. The van der Waals surface area contributed by atoms with Crippen LogP contribution < -0.4 is 4.90 Å². The van der Waals surface area contributed by atoms with E-state index in [-0.39, 0.29) is 11.6 Å². The molecule has 0 saturated carbocycles. The summed E-state index contributed by atoms with van der Waals surface area (Å²) in [5, 5.41) is 9.82. The fourth-order valence-corrected chi connectivity index (χ4v) is 4.04. The zero-order valence-electron chi connectivity index (χ0n) is 14.5. The number of imidazole rings is 1. The molecule has 23 heavy (non-hydrogen) atoms. The highest BCUT2D eigenvalue weighted by molar-refractivity contribution is 5.31. The number of ether oxygens (including phenoxy) is 1. The van der Waals surface area contributed by atoms with E-state index in [1.54, 1.807) is 0 Å². The van der Waals surface area contributed by atoms with Gasteiger partial charge < -0.3 is 14.2 Å². The summed E-state index contributed by atoms with van der Waals surface area (Å²) in [4.78, 5) is 8.77. The maximum absolute atomic E-state index is 9.82. The molecule has 126 valence electrons. The fourth-order valence-electron chi connectivity index (χ4n) is 4.04. The third-order valence-corrected chi connectivity index (χ3v) is 5.24. The molecule has 2 saturated heterocycles. The van der Waals surface area contributed by atoms with E-state index in [2.05, 4.69) is 20.5 Å². The highest BCUT2D eigenvalue weighted by atomic mass is 16.5. The zero-order chi connectivity index (χ0) is 16.4. The van der Waals surface area contributed by atoms with Gasteiger partial charge >= 0.3 is 0 Å². The number of hydrogen-bond acceptors (Lipinski definition) is 5. The molecule has 0 N–H and O–H groups in total. The second-order valence-electron chi connectivity index (χ2n) is 6.98. The van der Waals surface area contributed by atoms with Crippen LogP contribution in [0.1, 0.15) is 37.8 Å². The molecule has 2 aliphatic rings. The van der Waals surface area contributed by atoms with Crippen molar-refractivity contribution in [3.05, 3.63) is 11.9 Å². The summed E-state index contributed by atoms with van der Waals surface area (Å²) < 4.78 is 8.27. The molecule has 0 bridgehead atoms. The van der Waals surface area contributed by atoms with Gasteiger partial charge in [-0.05, 0) is 32.1 Å². The Kier molecular flexibility index (Phi) is 4.60. The molecular weight excluding hydrogens is 290 g/mol. The van der Waals surface area contributed by atoms with Gasteiger partial charge in [0.15, 0.2) is 0 Å². The van der Waals surface area contributed by atoms with Crippen LogP contribution in [0.3, 0.4) is 0 Å². The maximum Gasteiger partial charge on any atom is 0.204 e. The van der Waals surface area contributed by atoms with Gasteiger partial charge in [0.2, 0.25) is 5.95 Å². The molecule has 6 heteroatoms. The van der Waals surface area contributed by atoms with E-state index in [1.807, 2.05) is 32.2 Å². The number of likely N-dealkylation sites (tertiary alicyclic amines) is 1. The number of rotatable bonds is 3. The summed E-state index contributed by atoms with van der Waals surface area (Å²) >= 11 is 0. The summed E-state index contributed by atoms with van der Waals surface area (Å²) in [6.07, 6.45) is 7.33. The van der Waals surface area contributed by atoms with Crippen LogP contribution >= 0.6 is 0 Å². The maximum atomic E-state index is 9.82. The van der Waals surface area contributed by atoms with Gasteiger partial charge in [0.05, 0.1) is 23.6 Å². The summed E-state index contributed by atoms with van der Waals surface area (Å²) in [5.41, 5.74) is 0.885. The molecule has 0 aliphatic carbocycles. The molecule has 2 atom stereocenters. The molecule has 1 aromatic rings. The third-order valence-electron chi connectivity index (χ3n) is 5.24. The number of nitriles is 1. The molecule has 0 unspecified atom stereocenters. The van der Waals surface area contributed by atoms with E-state index in [4.69, 9.17) is 4.74 Å². The van der Waals surface area contributed by atoms with Crippen molar-refractivity contribution in [1.82, 2.24) is 14.5 Å². The van der Waals surface area contributed by atoms with Gasteiger partial charge in [0.25, 0.3) is 0 Å². The lowest BCUT2D eigenvalue weighted by atomic mass is 9.79. The molecule has 1 spiro atoms.